The number of nitrogens with zero attached hydrogens (tertiary/aromatic N) is 6. The van der Waals surface area contributed by atoms with E-state index in [2.05, 4.69) is 29.3 Å². The summed E-state index contributed by atoms with van der Waals surface area (Å²) in [5.74, 6) is 0.301. The molecular weight excluding hydrogens is 328 g/mol. The lowest BCUT2D eigenvalue weighted by Crippen LogP contribution is -2.42. The minimum atomic E-state index is -0.0489. The van der Waals surface area contributed by atoms with Crippen molar-refractivity contribution < 1.29 is 4.79 Å². The van der Waals surface area contributed by atoms with Crippen LogP contribution in [-0.2, 0) is 14.1 Å². The highest BCUT2D eigenvalue weighted by Gasteiger charge is 2.33. The number of piperidine rings is 1. The monoisotopic (exact) mass is 354 g/mol. The predicted octanol–water partition coefficient (Wildman–Crippen LogP) is 1.79. The van der Waals surface area contributed by atoms with Crippen LogP contribution in [0.2, 0.25) is 0 Å². The number of aromatic nitrogens is 3. The van der Waals surface area contributed by atoms with Crippen LogP contribution in [0, 0.1) is 17.2 Å². The van der Waals surface area contributed by atoms with Crippen LogP contribution < -0.4 is 0 Å². The third-order valence-electron chi connectivity index (χ3n) is 5.28. The van der Waals surface area contributed by atoms with Crippen molar-refractivity contribution in [1.82, 2.24) is 24.1 Å². The van der Waals surface area contributed by atoms with Gasteiger partial charge < -0.3 is 9.47 Å². The van der Waals surface area contributed by atoms with E-state index >= 15 is 0 Å². The van der Waals surface area contributed by atoms with Crippen LogP contribution in [-0.4, -0.2) is 57.2 Å². The molecule has 0 aromatic carbocycles. The number of nitriles is 1. The summed E-state index contributed by atoms with van der Waals surface area (Å²) in [7, 11) is 7.71. The van der Waals surface area contributed by atoms with Gasteiger partial charge in [0, 0.05) is 51.7 Å². The fraction of sp³-hybridized carbons (Fsp3) is 0.526. The van der Waals surface area contributed by atoms with Crippen LogP contribution in [0.4, 0.5) is 0 Å². The number of aryl methyl sites for hydroxylation is 2. The summed E-state index contributed by atoms with van der Waals surface area (Å²) in [6.07, 6.45) is 7.89. The van der Waals surface area contributed by atoms with E-state index in [4.69, 9.17) is 5.26 Å². The van der Waals surface area contributed by atoms with E-state index < -0.39 is 0 Å². The fourth-order valence-electron chi connectivity index (χ4n) is 4.04. The van der Waals surface area contributed by atoms with E-state index in [-0.39, 0.29) is 11.9 Å². The molecule has 1 aliphatic heterocycles. The van der Waals surface area contributed by atoms with Crippen LogP contribution in [0.25, 0.3) is 0 Å². The average Bonchev–Trinajstić information content (AvgIpc) is 3.19. The number of amides is 1. The fourth-order valence-corrected chi connectivity index (χ4v) is 4.04. The summed E-state index contributed by atoms with van der Waals surface area (Å²) in [6.45, 7) is 1.73. The van der Waals surface area contributed by atoms with Gasteiger partial charge in [-0.1, -0.05) is 0 Å². The summed E-state index contributed by atoms with van der Waals surface area (Å²) in [4.78, 5) is 17.0. The quantitative estimate of drug-likeness (QED) is 0.839. The van der Waals surface area contributed by atoms with Gasteiger partial charge in [-0.05, 0) is 38.4 Å². The molecule has 1 fully saturated rings. The van der Waals surface area contributed by atoms with Gasteiger partial charge in [-0.3, -0.25) is 14.4 Å². The van der Waals surface area contributed by atoms with Crippen LogP contribution in [0.1, 0.15) is 40.5 Å². The van der Waals surface area contributed by atoms with Crippen molar-refractivity contribution in [2.45, 2.75) is 18.9 Å². The zero-order chi connectivity index (χ0) is 18.8. The van der Waals surface area contributed by atoms with E-state index in [1.165, 1.54) is 5.56 Å². The van der Waals surface area contributed by atoms with Gasteiger partial charge in [-0.2, -0.15) is 10.4 Å². The van der Waals surface area contributed by atoms with E-state index in [1.807, 2.05) is 25.0 Å². The molecule has 1 aliphatic rings. The van der Waals surface area contributed by atoms with E-state index in [0.29, 0.717) is 23.7 Å². The van der Waals surface area contributed by atoms with Gasteiger partial charge in [-0.15, -0.1) is 0 Å². The first-order valence-corrected chi connectivity index (χ1v) is 8.91. The van der Waals surface area contributed by atoms with Crippen LogP contribution in [0.15, 0.2) is 24.7 Å². The molecule has 0 spiro atoms. The third-order valence-corrected chi connectivity index (χ3v) is 5.28. The highest BCUT2D eigenvalue weighted by atomic mass is 16.2. The zero-order valence-corrected chi connectivity index (χ0v) is 15.9. The molecule has 138 valence electrons. The van der Waals surface area contributed by atoms with Gasteiger partial charge >= 0.3 is 0 Å². The summed E-state index contributed by atoms with van der Waals surface area (Å²) in [6, 6.07) is 4.01. The lowest BCUT2D eigenvalue weighted by molar-refractivity contribution is 0.0637. The molecule has 0 saturated carbocycles. The minimum absolute atomic E-state index is 0.0489. The summed E-state index contributed by atoms with van der Waals surface area (Å²) < 4.78 is 3.56. The predicted molar refractivity (Wildman–Crippen MR) is 98.4 cm³/mol. The van der Waals surface area contributed by atoms with Gasteiger partial charge in [0.2, 0.25) is 0 Å². The molecule has 2 aromatic heterocycles. The molecular formula is C19H26N6O. The van der Waals surface area contributed by atoms with Crippen LogP contribution in [0.3, 0.4) is 0 Å². The van der Waals surface area contributed by atoms with Crippen molar-refractivity contribution in [2.24, 2.45) is 20.0 Å². The Balaban J connectivity index is 1.77. The zero-order valence-electron chi connectivity index (χ0n) is 15.9. The maximum absolute atomic E-state index is 12.9. The van der Waals surface area contributed by atoms with Crippen molar-refractivity contribution in [3.8, 4) is 6.07 Å². The van der Waals surface area contributed by atoms with Crippen LogP contribution >= 0.6 is 0 Å². The molecule has 3 rings (SSSR count). The van der Waals surface area contributed by atoms with Gasteiger partial charge in [-0.25, -0.2) is 0 Å². The SMILES string of the molecule is CN(C[C@@H]1CCCN(C)[C@H]1c1cnn(C)c1)C(=O)c1cc(C#N)cn1C. The third kappa shape index (κ3) is 3.51. The molecule has 2 atom stereocenters. The molecule has 0 unspecified atom stereocenters. The molecule has 7 heteroatoms. The van der Waals surface area contributed by atoms with E-state index in [0.717, 1.165) is 19.4 Å². The number of carbonyl (C=O) groups excluding carboxylic acids is 1. The Hall–Kier alpha value is -2.59. The Labute approximate surface area is 154 Å². The van der Waals surface area contributed by atoms with E-state index in [9.17, 15) is 4.79 Å². The molecule has 0 aliphatic carbocycles. The first-order valence-electron chi connectivity index (χ1n) is 8.91. The molecule has 1 saturated heterocycles. The molecule has 0 radical (unpaired) electrons. The Morgan fingerprint density at radius 3 is 2.77 bits per heavy atom. The van der Waals surface area contributed by atoms with Gasteiger partial charge in [0.15, 0.2) is 0 Å². The summed E-state index contributed by atoms with van der Waals surface area (Å²) >= 11 is 0. The smallest absolute Gasteiger partial charge is 0.270 e. The summed E-state index contributed by atoms with van der Waals surface area (Å²) in [5, 5.41) is 13.4. The normalized spacial score (nSPS) is 20.7. The lowest BCUT2D eigenvalue weighted by Gasteiger charge is -2.40. The van der Waals surface area contributed by atoms with E-state index in [1.54, 1.807) is 28.8 Å². The topological polar surface area (TPSA) is 70.1 Å². The van der Waals surface area contributed by atoms with Crippen molar-refractivity contribution in [2.75, 3.05) is 27.2 Å². The van der Waals surface area contributed by atoms with Crippen LogP contribution in [0.5, 0.6) is 0 Å². The number of rotatable bonds is 4. The lowest BCUT2D eigenvalue weighted by atomic mass is 9.85. The van der Waals surface area contributed by atoms with Crippen molar-refractivity contribution in [3.63, 3.8) is 0 Å². The number of hydrogen-bond donors (Lipinski definition) is 0. The Bertz CT molecular complexity index is 829. The summed E-state index contributed by atoms with van der Waals surface area (Å²) in [5.41, 5.74) is 2.26. The van der Waals surface area contributed by atoms with Gasteiger partial charge in [0.05, 0.1) is 11.8 Å². The second-order valence-electron chi connectivity index (χ2n) is 7.30. The molecule has 3 heterocycles. The van der Waals surface area contributed by atoms with Crippen molar-refractivity contribution >= 4 is 5.91 Å². The Morgan fingerprint density at radius 1 is 1.38 bits per heavy atom. The number of carbonyl (C=O) groups is 1. The highest BCUT2D eigenvalue weighted by Crippen LogP contribution is 2.35. The molecule has 7 nitrogen and oxygen atoms in total. The maximum Gasteiger partial charge on any atom is 0.270 e. The van der Waals surface area contributed by atoms with Gasteiger partial charge in [0.1, 0.15) is 11.8 Å². The largest absolute Gasteiger partial charge is 0.345 e. The Morgan fingerprint density at radius 2 is 2.15 bits per heavy atom. The molecule has 0 bridgehead atoms. The molecule has 26 heavy (non-hydrogen) atoms. The average molecular weight is 354 g/mol. The second-order valence-corrected chi connectivity index (χ2v) is 7.30. The first-order chi connectivity index (χ1) is 12.4. The molecule has 2 aromatic rings. The standard InChI is InChI=1S/C19H26N6O/c1-22-7-5-6-15(18(22)16-10-21-25(4)13-16)12-24(3)19(26)17-8-14(9-20)11-23(17)2/h8,10-11,13,15,18H,5-7,12H2,1-4H3/t15-,18+/m0/s1. The Kier molecular flexibility index (Phi) is 5.14. The van der Waals surface area contributed by atoms with Crippen molar-refractivity contribution in [3.05, 3.63) is 41.5 Å². The highest BCUT2D eigenvalue weighted by molar-refractivity contribution is 5.93. The molecule has 0 N–H and O–H groups in total. The van der Waals surface area contributed by atoms with Crippen molar-refractivity contribution in [1.29, 1.82) is 5.26 Å². The number of hydrogen-bond acceptors (Lipinski definition) is 4. The second kappa shape index (κ2) is 7.34. The maximum atomic E-state index is 12.9. The van der Waals surface area contributed by atoms with Gasteiger partial charge in [0.25, 0.3) is 5.91 Å². The number of likely N-dealkylation sites (tertiary alicyclic amines) is 1. The first kappa shape index (κ1) is 18.2. The minimum Gasteiger partial charge on any atom is -0.345 e. The molecule has 1 amide bonds.